The molecule has 6 heteroatoms. The van der Waals surface area contributed by atoms with Gasteiger partial charge < -0.3 is 20.3 Å². The molecule has 2 atom stereocenters. The lowest BCUT2D eigenvalue weighted by atomic mass is 10.0. The first kappa shape index (κ1) is 64.3. The normalized spacial score (nSPS) is 12.7. The van der Waals surface area contributed by atoms with Crippen LogP contribution in [0.5, 0.6) is 0 Å². The molecule has 0 heterocycles. The second kappa shape index (κ2) is 55.9. The lowest BCUT2D eigenvalue weighted by Gasteiger charge is -2.22. The molecule has 0 aliphatic carbocycles. The van der Waals surface area contributed by atoms with Crippen molar-refractivity contribution in [2.75, 3.05) is 13.2 Å². The topological polar surface area (TPSA) is 95.9 Å². The summed E-state index contributed by atoms with van der Waals surface area (Å²) in [5.41, 5.74) is 0. The smallest absolute Gasteiger partial charge is 0.305 e. The summed E-state index contributed by atoms with van der Waals surface area (Å²) in [5, 5.41) is 23.3. The van der Waals surface area contributed by atoms with Crippen LogP contribution in [0, 0.1) is 0 Å². The number of carbonyl (C=O) groups excluding carboxylic acids is 2. The van der Waals surface area contributed by atoms with Gasteiger partial charge in [0.15, 0.2) is 0 Å². The Hall–Kier alpha value is -1.66. The maximum atomic E-state index is 12.5. The molecule has 6 nitrogen and oxygen atoms in total. The number of hydrogen-bond donors (Lipinski definition) is 3. The fraction of sp³-hybridized carbons (Fsp3) is 0.900. The van der Waals surface area contributed by atoms with Crippen molar-refractivity contribution >= 4 is 11.9 Å². The van der Waals surface area contributed by atoms with Crippen molar-refractivity contribution in [1.82, 2.24) is 5.32 Å². The minimum absolute atomic E-state index is 0.0380. The quantitative estimate of drug-likeness (QED) is 0.0321. The van der Waals surface area contributed by atoms with Crippen LogP contribution in [-0.2, 0) is 14.3 Å². The number of aliphatic hydroxyl groups excluding tert-OH is 2. The summed E-state index contributed by atoms with van der Waals surface area (Å²) in [6.45, 7) is 4.88. The minimum atomic E-state index is -0.696. The number of carbonyl (C=O) groups is 2. The molecule has 0 saturated heterocycles. The van der Waals surface area contributed by atoms with Gasteiger partial charge in [-0.25, -0.2) is 0 Å². The molecule has 0 saturated carbocycles. The highest BCUT2D eigenvalue weighted by atomic mass is 16.5. The van der Waals surface area contributed by atoms with E-state index in [1.165, 1.54) is 218 Å². The van der Waals surface area contributed by atoms with Gasteiger partial charge in [0.25, 0.3) is 0 Å². The van der Waals surface area contributed by atoms with Crippen LogP contribution in [0.25, 0.3) is 0 Å². The molecule has 0 spiro atoms. The monoisotopic (exact) mass is 930 g/mol. The van der Waals surface area contributed by atoms with Gasteiger partial charge in [-0.1, -0.05) is 263 Å². The zero-order chi connectivity index (χ0) is 47.9. The molecular weight excluding hydrogens is 815 g/mol. The highest BCUT2D eigenvalue weighted by Gasteiger charge is 2.20. The second-order valence-electron chi connectivity index (χ2n) is 20.3. The second-order valence-corrected chi connectivity index (χ2v) is 20.3. The van der Waals surface area contributed by atoms with Crippen LogP contribution in [0.1, 0.15) is 322 Å². The molecule has 0 aromatic heterocycles. The van der Waals surface area contributed by atoms with Crippen molar-refractivity contribution in [1.29, 1.82) is 0 Å². The number of esters is 1. The number of amides is 1. The summed E-state index contributed by atoms with van der Waals surface area (Å²) in [6, 6.07) is -0.580. The summed E-state index contributed by atoms with van der Waals surface area (Å²) in [4.78, 5) is 24.6. The number of hydrogen-bond acceptors (Lipinski definition) is 5. The number of rotatable bonds is 55. The Labute approximate surface area is 411 Å². The van der Waals surface area contributed by atoms with Gasteiger partial charge in [-0.15, -0.1) is 0 Å². The molecule has 1 amide bonds. The van der Waals surface area contributed by atoms with Gasteiger partial charge in [0.2, 0.25) is 5.91 Å². The van der Waals surface area contributed by atoms with E-state index in [0.29, 0.717) is 25.9 Å². The van der Waals surface area contributed by atoms with Crippen molar-refractivity contribution in [3.8, 4) is 0 Å². The zero-order valence-corrected chi connectivity index (χ0v) is 44.4. The maximum Gasteiger partial charge on any atom is 0.305 e. The van der Waals surface area contributed by atoms with Gasteiger partial charge in [0.05, 0.1) is 25.4 Å². The molecular formula is C60H115NO5. The molecule has 2 unspecified atom stereocenters. The Balaban J connectivity index is 3.51. The molecule has 0 aliphatic heterocycles. The van der Waals surface area contributed by atoms with Gasteiger partial charge in [-0.3, -0.25) is 9.59 Å². The summed E-state index contributed by atoms with van der Waals surface area (Å²) < 4.78 is 5.45. The van der Waals surface area contributed by atoms with Crippen molar-refractivity contribution in [3.63, 3.8) is 0 Å². The van der Waals surface area contributed by atoms with E-state index in [0.717, 1.165) is 70.6 Å². The summed E-state index contributed by atoms with van der Waals surface area (Å²) in [6.07, 6.45) is 67.5. The maximum absolute atomic E-state index is 12.5. The Kier molecular flexibility index (Phi) is 54.5. The number of allylic oxidation sites excluding steroid dienone is 4. The van der Waals surface area contributed by atoms with E-state index in [1.807, 2.05) is 0 Å². The van der Waals surface area contributed by atoms with Gasteiger partial charge in [-0.05, 0) is 70.6 Å². The predicted molar refractivity (Wildman–Crippen MR) is 287 cm³/mol. The standard InChI is InChI=1S/C60H115NO5/c1-3-5-7-9-11-13-15-17-19-21-22-23-24-25-26-28-29-31-33-36-40-44-48-52-58(63)57(56-62)61-59(64)53-49-45-41-37-35-39-43-47-51-55-66-60(65)54-50-46-42-38-34-32-30-27-20-18-16-14-12-10-8-6-4-2/h18,20,37,41,57-58,62-63H,3-17,19,21-36,38-40,42-56H2,1-2H3,(H,61,64)/b20-18-,41-37-. The van der Waals surface area contributed by atoms with Gasteiger partial charge in [-0.2, -0.15) is 0 Å². The SMILES string of the molecule is CCCCCCCC/C=C\CCCCCCCCCC(=O)OCCCCCC/C=C\CCCC(=O)NC(CO)C(O)CCCCCCCCCCCCCCCCCCCCCCCCC. The van der Waals surface area contributed by atoms with Crippen LogP contribution in [0.3, 0.4) is 0 Å². The number of ether oxygens (including phenoxy) is 1. The van der Waals surface area contributed by atoms with Crippen LogP contribution < -0.4 is 5.32 Å². The fourth-order valence-electron chi connectivity index (χ4n) is 9.17. The highest BCUT2D eigenvalue weighted by molar-refractivity contribution is 5.76. The zero-order valence-electron chi connectivity index (χ0n) is 44.4. The number of aliphatic hydroxyl groups is 2. The van der Waals surface area contributed by atoms with Crippen molar-refractivity contribution in [3.05, 3.63) is 24.3 Å². The van der Waals surface area contributed by atoms with Gasteiger partial charge in [0.1, 0.15) is 0 Å². The third kappa shape index (κ3) is 51.7. The van der Waals surface area contributed by atoms with Crippen molar-refractivity contribution < 1.29 is 24.5 Å². The largest absolute Gasteiger partial charge is 0.466 e. The molecule has 390 valence electrons. The average molecular weight is 931 g/mol. The van der Waals surface area contributed by atoms with Crippen LogP contribution in [0.2, 0.25) is 0 Å². The number of nitrogens with one attached hydrogen (secondary N) is 1. The Bertz CT molecular complexity index is 1030. The molecule has 0 aromatic carbocycles. The first-order chi connectivity index (χ1) is 32.5. The van der Waals surface area contributed by atoms with Gasteiger partial charge in [0, 0.05) is 12.8 Å². The van der Waals surface area contributed by atoms with E-state index in [2.05, 4.69) is 43.5 Å². The highest BCUT2D eigenvalue weighted by Crippen LogP contribution is 2.17. The van der Waals surface area contributed by atoms with E-state index in [9.17, 15) is 19.8 Å². The van der Waals surface area contributed by atoms with E-state index in [4.69, 9.17) is 4.74 Å². The molecule has 0 aromatic rings. The molecule has 0 fully saturated rings. The van der Waals surface area contributed by atoms with E-state index in [1.54, 1.807) is 0 Å². The average Bonchev–Trinajstić information content (AvgIpc) is 3.32. The molecule has 0 bridgehead atoms. The Morgan fingerprint density at radius 2 is 0.727 bits per heavy atom. The van der Waals surface area contributed by atoms with E-state index < -0.39 is 12.1 Å². The molecule has 3 N–H and O–H groups in total. The lowest BCUT2D eigenvalue weighted by molar-refractivity contribution is -0.143. The summed E-state index contributed by atoms with van der Waals surface area (Å²) in [7, 11) is 0. The lowest BCUT2D eigenvalue weighted by Crippen LogP contribution is -2.45. The van der Waals surface area contributed by atoms with E-state index in [-0.39, 0.29) is 18.5 Å². The first-order valence-corrected chi connectivity index (χ1v) is 29.6. The number of unbranched alkanes of at least 4 members (excludes halogenated alkanes) is 40. The van der Waals surface area contributed by atoms with Gasteiger partial charge >= 0.3 is 5.97 Å². The summed E-state index contributed by atoms with van der Waals surface area (Å²) in [5.74, 6) is -0.131. The minimum Gasteiger partial charge on any atom is -0.466 e. The molecule has 66 heavy (non-hydrogen) atoms. The van der Waals surface area contributed by atoms with Crippen molar-refractivity contribution in [2.45, 2.75) is 334 Å². The molecule has 0 aliphatic rings. The Morgan fingerprint density at radius 3 is 1.11 bits per heavy atom. The fourth-order valence-corrected chi connectivity index (χ4v) is 9.17. The first-order valence-electron chi connectivity index (χ1n) is 29.6. The third-order valence-electron chi connectivity index (χ3n) is 13.7. The van der Waals surface area contributed by atoms with Crippen molar-refractivity contribution in [2.24, 2.45) is 0 Å². The van der Waals surface area contributed by atoms with Crippen LogP contribution in [0.15, 0.2) is 24.3 Å². The third-order valence-corrected chi connectivity index (χ3v) is 13.7. The van der Waals surface area contributed by atoms with Crippen LogP contribution >= 0.6 is 0 Å². The molecule has 0 rings (SSSR count). The predicted octanol–water partition coefficient (Wildman–Crippen LogP) is 18.2. The summed E-state index contributed by atoms with van der Waals surface area (Å²) >= 11 is 0. The van der Waals surface area contributed by atoms with E-state index >= 15 is 0 Å². The Morgan fingerprint density at radius 1 is 0.409 bits per heavy atom. The molecule has 0 radical (unpaired) electrons. The van der Waals surface area contributed by atoms with Crippen LogP contribution in [-0.4, -0.2) is 47.4 Å². The van der Waals surface area contributed by atoms with Crippen LogP contribution in [0.4, 0.5) is 0 Å².